The molecule has 0 aromatic rings. The number of oxime groups is 1. The minimum absolute atomic E-state index is 0.0976. The third-order valence-corrected chi connectivity index (χ3v) is 2.37. The van der Waals surface area contributed by atoms with Crippen molar-refractivity contribution in [3.05, 3.63) is 33.5 Å². The molecule has 1 atom stereocenters. The summed E-state index contributed by atoms with van der Waals surface area (Å²) >= 11 is 0. The molecule has 0 saturated carbocycles. The fraction of sp³-hybridized carbons (Fsp3) is 0.400. The van der Waals surface area contributed by atoms with E-state index < -0.39 is 16.8 Å². The number of hydrogen-bond acceptors (Lipinski definition) is 6. The Morgan fingerprint density at radius 1 is 1.47 bits per heavy atom. The normalized spacial score (nSPS) is 21.6. The van der Waals surface area contributed by atoms with Crippen molar-refractivity contribution in [3.8, 4) is 0 Å². The number of hydrogen-bond donors (Lipinski definition) is 0. The highest BCUT2D eigenvalue weighted by molar-refractivity contribution is 6.08. The number of methoxy groups -OCH3 is 1. The van der Waals surface area contributed by atoms with Gasteiger partial charge in [0.25, 0.3) is 5.70 Å². The predicted molar refractivity (Wildman–Crippen MR) is 58.8 cm³/mol. The van der Waals surface area contributed by atoms with E-state index in [1.807, 2.05) is 0 Å². The molecule has 0 aliphatic heterocycles. The molecule has 0 aromatic heterocycles. The molecule has 0 fully saturated rings. The fourth-order valence-corrected chi connectivity index (χ4v) is 1.51. The molecule has 1 aliphatic carbocycles. The molecular weight excluding hydrogens is 228 g/mol. The van der Waals surface area contributed by atoms with E-state index in [1.165, 1.54) is 26.4 Å². The van der Waals surface area contributed by atoms with Crippen molar-refractivity contribution < 1.29 is 19.3 Å². The molecule has 0 spiro atoms. The minimum Gasteiger partial charge on any atom is -0.466 e. The third kappa shape index (κ3) is 2.49. The molecule has 0 heterocycles. The van der Waals surface area contributed by atoms with Crippen molar-refractivity contribution in [2.45, 2.75) is 6.92 Å². The topological polar surface area (TPSA) is 91.0 Å². The Balaban J connectivity index is 3.22. The lowest BCUT2D eigenvalue weighted by atomic mass is 9.89. The highest BCUT2D eigenvalue weighted by atomic mass is 16.6. The van der Waals surface area contributed by atoms with Crippen LogP contribution < -0.4 is 0 Å². The smallest absolute Gasteiger partial charge is 0.334 e. The van der Waals surface area contributed by atoms with E-state index in [0.717, 1.165) is 0 Å². The van der Waals surface area contributed by atoms with Crippen LogP contribution >= 0.6 is 0 Å². The summed E-state index contributed by atoms with van der Waals surface area (Å²) in [5.41, 5.74) is 0.210. The molecule has 7 heteroatoms. The van der Waals surface area contributed by atoms with Crippen LogP contribution in [0.3, 0.4) is 0 Å². The van der Waals surface area contributed by atoms with E-state index >= 15 is 0 Å². The van der Waals surface area contributed by atoms with Crippen molar-refractivity contribution in [2.75, 3.05) is 14.2 Å². The monoisotopic (exact) mass is 240 g/mol. The van der Waals surface area contributed by atoms with E-state index in [9.17, 15) is 14.9 Å². The number of ether oxygens (including phenoxy) is 1. The zero-order valence-electron chi connectivity index (χ0n) is 9.67. The fourth-order valence-electron chi connectivity index (χ4n) is 1.51. The second-order valence-corrected chi connectivity index (χ2v) is 3.30. The van der Waals surface area contributed by atoms with Crippen LogP contribution in [0.2, 0.25) is 0 Å². The van der Waals surface area contributed by atoms with Crippen molar-refractivity contribution in [1.82, 2.24) is 0 Å². The molecule has 92 valence electrons. The average molecular weight is 240 g/mol. The van der Waals surface area contributed by atoms with Gasteiger partial charge in [0.2, 0.25) is 0 Å². The highest BCUT2D eigenvalue weighted by Crippen LogP contribution is 2.24. The molecule has 0 radical (unpaired) electrons. The van der Waals surface area contributed by atoms with Gasteiger partial charge in [-0.15, -0.1) is 0 Å². The van der Waals surface area contributed by atoms with Gasteiger partial charge in [-0.1, -0.05) is 12.1 Å². The molecule has 7 nitrogen and oxygen atoms in total. The van der Waals surface area contributed by atoms with Crippen LogP contribution in [0.5, 0.6) is 0 Å². The summed E-state index contributed by atoms with van der Waals surface area (Å²) in [6.07, 6.45) is 2.58. The molecule has 1 rings (SSSR count). The van der Waals surface area contributed by atoms with Gasteiger partial charge in [0.1, 0.15) is 7.11 Å². The second-order valence-electron chi connectivity index (χ2n) is 3.30. The number of esters is 1. The largest absolute Gasteiger partial charge is 0.466 e. The zero-order chi connectivity index (χ0) is 13.0. The predicted octanol–water partition coefficient (Wildman–Crippen LogP) is 0.898. The summed E-state index contributed by atoms with van der Waals surface area (Å²) in [5, 5.41) is 14.4. The third-order valence-electron chi connectivity index (χ3n) is 2.37. The summed E-state index contributed by atoms with van der Waals surface area (Å²) < 4.78 is 4.58. The Morgan fingerprint density at radius 3 is 2.59 bits per heavy atom. The molecule has 0 aromatic carbocycles. The van der Waals surface area contributed by atoms with Crippen molar-refractivity contribution in [2.24, 2.45) is 11.1 Å². The van der Waals surface area contributed by atoms with Gasteiger partial charge in [-0.05, 0) is 6.08 Å². The van der Waals surface area contributed by atoms with Gasteiger partial charge >= 0.3 is 5.97 Å². The van der Waals surface area contributed by atoms with E-state index in [-0.39, 0.29) is 11.4 Å². The van der Waals surface area contributed by atoms with Gasteiger partial charge in [0, 0.05) is 17.6 Å². The first-order valence-corrected chi connectivity index (χ1v) is 4.79. The lowest BCUT2D eigenvalue weighted by molar-refractivity contribution is -0.415. The summed E-state index contributed by atoms with van der Waals surface area (Å²) in [5.74, 6) is -1.09. The highest BCUT2D eigenvalue weighted by Gasteiger charge is 2.34. The Kier molecular flexibility index (Phi) is 3.97. The average Bonchev–Trinajstić information content (AvgIpc) is 2.30. The molecule has 17 heavy (non-hydrogen) atoms. The summed E-state index contributed by atoms with van der Waals surface area (Å²) in [7, 11) is 2.53. The van der Waals surface area contributed by atoms with Gasteiger partial charge in [-0.2, -0.15) is 0 Å². The first-order chi connectivity index (χ1) is 8.02. The summed E-state index contributed by atoms with van der Waals surface area (Å²) in [6, 6.07) is 0. The second kappa shape index (κ2) is 5.24. The van der Waals surface area contributed by atoms with Crippen LogP contribution in [0.4, 0.5) is 0 Å². The van der Waals surface area contributed by atoms with E-state index in [0.29, 0.717) is 5.57 Å². The van der Waals surface area contributed by atoms with Gasteiger partial charge < -0.3 is 9.57 Å². The van der Waals surface area contributed by atoms with Crippen molar-refractivity contribution in [1.29, 1.82) is 0 Å². The number of nitrogens with zero attached hydrogens (tertiary/aromatic N) is 2. The lowest BCUT2D eigenvalue weighted by Gasteiger charge is -2.17. The minimum atomic E-state index is -0.571. The van der Waals surface area contributed by atoms with E-state index in [1.54, 1.807) is 6.92 Å². The van der Waals surface area contributed by atoms with Crippen LogP contribution in [0.25, 0.3) is 0 Å². The maximum Gasteiger partial charge on any atom is 0.334 e. The molecular formula is C10H12N2O5. The molecule has 1 unspecified atom stereocenters. The summed E-state index contributed by atoms with van der Waals surface area (Å²) in [4.78, 5) is 26.2. The maximum atomic E-state index is 11.4. The molecule has 0 saturated heterocycles. The Labute approximate surface area is 97.5 Å². The van der Waals surface area contributed by atoms with Crippen LogP contribution in [-0.2, 0) is 14.4 Å². The number of allylic oxidation sites excluding steroid dienone is 3. The van der Waals surface area contributed by atoms with Gasteiger partial charge in [-0.25, -0.2) is 4.79 Å². The van der Waals surface area contributed by atoms with Gasteiger partial charge in [0.05, 0.1) is 12.0 Å². The van der Waals surface area contributed by atoms with Gasteiger partial charge in [0.15, 0.2) is 5.71 Å². The summed E-state index contributed by atoms with van der Waals surface area (Å²) in [6.45, 7) is 1.62. The number of rotatable bonds is 3. The maximum absolute atomic E-state index is 11.4. The van der Waals surface area contributed by atoms with Crippen molar-refractivity contribution >= 4 is 11.7 Å². The van der Waals surface area contributed by atoms with Crippen molar-refractivity contribution in [3.63, 3.8) is 0 Å². The Hall–Kier alpha value is -2.18. The standard InChI is InChI=1S/C10H12N2O5/c1-6-7(10(13)16-2)4-5-8(12(14)15)9(6)11-17-3/h4-6H,1-3H3. The van der Waals surface area contributed by atoms with Crippen LogP contribution in [0.15, 0.2) is 28.6 Å². The van der Waals surface area contributed by atoms with Crippen LogP contribution in [0.1, 0.15) is 6.92 Å². The molecule has 0 bridgehead atoms. The first kappa shape index (κ1) is 12.9. The number of nitro groups is 1. The first-order valence-electron chi connectivity index (χ1n) is 4.79. The van der Waals surface area contributed by atoms with Gasteiger partial charge in [-0.3, -0.25) is 10.1 Å². The van der Waals surface area contributed by atoms with Crippen LogP contribution in [-0.4, -0.2) is 30.8 Å². The molecule has 0 amide bonds. The lowest BCUT2D eigenvalue weighted by Crippen LogP contribution is -2.27. The SMILES string of the molecule is CON=C1C([N+](=O)[O-])=CC=C(C(=O)OC)C1C. The molecule has 0 N–H and O–H groups in total. The van der Waals surface area contributed by atoms with Crippen LogP contribution in [0, 0.1) is 16.0 Å². The molecule has 1 aliphatic rings. The zero-order valence-corrected chi connectivity index (χ0v) is 9.67. The van der Waals surface area contributed by atoms with E-state index in [2.05, 4.69) is 14.7 Å². The number of carbonyl (C=O) groups excluding carboxylic acids is 1. The Morgan fingerprint density at radius 2 is 2.12 bits per heavy atom. The van der Waals surface area contributed by atoms with E-state index in [4.69, 9.17) is 0 Å². The Bertz CT molecular complexity index is 436. The number of carbonyl (C=O) groups is 1. The quantitative estimate of drug-likeness (QED) is 0.415.